The van der Waals surface area contributed by atoms with E-state index in [0.29, 0.717) is 12.3 Å². The molecule has 1 aliphatic heterocycles. The molecule has 4 rings (SSSR count). The lowest BCUT2D eigenvalue weighted by Crippen LogP contribution is -2.38. The van der Waals surface area contributed by atoms with Crippen LogP contribution in [0.4, 0.5) is 0 Å². The zero-order valence-corrected chi connectivity index (χ0v) is 14.6. The number of amides is 1. The van der Waals surface area contributed by atoms with Gasteiger partial charge < -0.3 is 9.88 Å². The summed E-state index contributed by atoms with van der Waals surface area (Å²) in [4.78, 5) is 30.5. The zero-order chi connectivity index (χ0) is 17.1. The molecule has 4 heterocycles. The van der Waals surface area contributed by atoms with Crippen LogP contribution in [0.1, 0.15) is 30.1 Å². The molecule has 0 aliphatic carbocycles. The van der Waals surface area contributed by atoms with Gasteiger partial charge in [-0.15, -0.1) is 11.3 Å². The second kappa shape index (κ2) is 7.14. The molecule has 1 saturated heterocycles. The fourth-order valence-corrected chi connectivity index (χ4v) is 4.02. The van der Waals surface area contributed by atoms with Crippen LogP contribution < -0.4 is 0 Å². The van der Waals surface area contributed by atoms with Gasteiger partial charge in [0.2, 0.25) is 5.91 Å². The molecule has 0 spiro atoms. The first-order valence-electron chi connectivity index (χ1n) is 8.40. The Morgan fingerprint density at radius 3 is 2.88 bits per heavy atom. The van der Waals surface area contributed by atoms with E-state index in [0.717, 1.165) is 42.2 Å². The quantitative estimate of drug-likeness (QED) is 0.783. The van der Waals surface area contributed by atoms with Crippen LogP contribution in [0.15, 0.2) is 42.4 Å². The number of hydrogen-bond donors (Lipinski definition) is 1. The summed E-state index contributed by atoms with van der Waals surface area (Å²) < 4.78 is 0. The smallest absolute Gasteiger partial charge is 0.228 e. The maximum Gasteiger partial charge on any atom is 0.228 e. The van der Waals surface area contributed by atoms with Crippen molar-refractivity contribution in [2.45, 2.75) is 25.2 Å². The molecule has 0 saturated carbocycles. The summed E-state index contributed by atoms with van der Waals surface area (Å²) in [6.07, 6.45) is 9.47. The Morgan fingerprint density at radius 2 is 2.16 bits per heavy atom. The van der Waals surface area contributed by atoms with Gasteiger partial charge in [-0.2, -0.15) is 0 Å². The molecule has 1 amide bonds. The number of pyridine rings is 1. The van der Waals surface area contributed by atoms with Gasteiger partial charge in [-0.1, -0.05) is 0 Å². The molecule has 0 radical (unpaired) electrons. The normalized spacial score (nSPS) is 15.4. The first-order chi connectivity index (χ1) is 12.3. The van der Waals surface area contributed by atoms with Gasteiger partial charge >= 0.3 is 0 Å². The van der Waals surface area contributed by atoms with Crippen molar-refractivity contribution in [3.05, 3.63) is 53.8 Å². The van der Waals surface area contributed by atoms with E-state index in [1.807, 2.05) is 28.6 Å². The molecular weight excluding hydrogens is 334 g/mol. The average Bonchev–Trinajstić information content (AvgIpc) is 3.35. The van der Waals surface area contributed by atoms with E-state index in [-0.39, 0.29) is 5.91 Å². The molecule has 6 nitrogen and oxygen atoms in total. The number of hydrogen-bond acceptors (Lipinski definition) is 5. The predicted molar refractivity (Wildman–Crippen MR) is 96.2 cm³/mol. The number of nitrogens with zero attached hydrogens (tertiary/aromatic N) is 4. The molecule has 3 aromatic heterocycles. The van der Waals surface area contributed by atoms with Crippen LogP contribution in [0.2, 0.25) is 0 Å². The van der Waals surface area contributed by atoms with Crippen molar-refractivity contribution in [3.63, 3.8) is 0 Å². The third-order valence-corrected chi connectivity index (χ3v) is 5.54. The van der Waals surface area contributed by atoms with E-state index in [2.05, 4.69) is 19.9 Å². The molecule has 0 bridgehead atoms. The number of likely N-dealkylation sites (tertiary alicyclic amines) is 1. The SMILES string of the molecule is O=C(Cc1csc(-c2cccnc2)n1)N1CCC(c2cnc[nH]2)CC1. The second-order valence-corrected chi connectivity index (χ2v) is 7.08. The predicted octanol–water partition coefficient (Wildman–Crippen LogP) is 2.88. The molecule has 1 fully saturated rings. The Labute approximate surface area is 150 Å². The number of piperidine rings is 1. The molecule has 1 N–H and O–H groups in total. The van der Waals surface area contributed by atoms with Crippen molar-refractivity contribution in [2.75, 3.05) is 13.1 Å². The van der Waals surface area contributed by atoms with Gasteiger partial charge in [0.15, 0.2) is 0 Å². The van der Waals surface area contributed by atoms with Crippen molar-refractivity contribution < 1.29 is 4.79 Å². The first kappa shape index (κ1) is 16.0. The Bertz CT molecular complexity index is 822. The van der Waals surface area contributed by atoms with Crippen LogP contribution in [-0.4, -0.2) is 43.8 Å². The molecule has 0 atom stereocenters. The highest BCUT2D eigenvalue weighted by Crippen LogP contribution is 2.27. The van der Waals surface area contributed by atoms with Gasteiger partial charge in [-0.05, 0) is 25.0 Å². The van der Waals surface area contributed by atoms with Crippen LogP contribution in [0.3, 0.4) is 0 Å². The number of rotatable bonds is 4. The van der Waals surface area contributed by atoms with E-state index in [1.165, 1.54) is 5.69 Å². The van der Waals surface area contributed by atoms with Crippen LogP contribution in [0.5, 0.6) is 0 Å². The number of thiazole rings is 1. The lowest BCUT2D eigenvalue weighted by Gasteiger charge is -2.31. The largest absolute Gasteiger partial charge is 0.348 e. The summed E-state index contributed by atoms with van der Waals surface area (Å²) in [7, 11) is 0. The molecule has 128 valence electrons. The average molecular weight is 353 g/mol. The standard InChI is InChI=1S/C18H19N5OS/c24-17(23-6-3-13(4-7-23)16-10-20-12-21-16)8-15-11-25-18(22-15)14-2-1-5-19-9-14/h1-2,5,9-13H,3-4,6-8H2,(H,20,21). The Balaban J connectivity index is 1.34. The molecular formula is C18H19N5OS. The van der Waals surface area contributed by atoms with Gasteiger partial charge in [-0.25, -0.2) is 9.97 Å². The molecule has 25 heavy (non-hydrogen) atoms. The number of aromatic amines is 1. The number of imidazole rings is 1. The highest BCUT2D eigenvalue weighted by Gasteiger charge is 2.25. The second-order valence-electron chi connectivity index (χ2n) is 6.22. The number of aromatic nitrogens is 4. The lowest BCUT2D eigenvalue weighted by atomic mass is 9.94. The van der Waals surface area contributed by atoms with Crippen molar-refractivity contribution in [1.29, 1.82) is 0 Å². The van der Waals surface area contributed by atoms with Gasteiger partial charge in [-0.3, -0.25) is 9.78 Å². The van der Waals surface area contributed by atoms with Crippen LogP contribution in [0.25, 0.3) is 10.6 Å². The topological polar surface area (TPSA) is 74.8 Å². The monoisotopic (exact) mass is 353 g/mol. The van der Waals surface area contributed by atoms with E-state index in [1.54, 1.807) is 30.1 Å². The lowest BCUT2D eigenvalue weighted by molar-refractivity contribution is -0.131. The van der Waals surface area contributed by atoms with Gasteiger partial charge in [0.1, 0.15) is 5.01 Å². The van der Waals surface area contributed by atoms with Crippen LogP contribution in [0, 0.1) is 0 Å². The summed E-state index contributed by atoms with van der Waals surface area (Å²) in [5.41, 5.74) is 3.00. The minimum absolute atomic E-state index is 0.158. The van der Waals surface area contributed by atoms with E-state index in [4.69, 9.17) is 0 Å². The van der Waals surface area contributed by atoms with Crippen molar-refractivity contribution in [1.82, 2.24) is 24.8 Å². The molecule has 0 unspecified atom stereocenters. The van der Waals surface area contributed by atoms with Crippen molar-refractivity contribution in [3.8, 4) is 10.6 Å². The maximum atomic E-state index is 12.6. The van der Waals surface area contributed by atoms with Crippen LogP contribution in [-0.2, 0) is 11.2 Å². The number of nitrogens with one attached hydrogen (secondary N) is 1. The highest BCUT2D eigenvalue weighted by atomic mass is 32.1. The highest BCUT2D eigenvalue weighted by molar-refractivity contribution is 7.13. The zero-order valence-electron chi connectivity index (χ0n) is 13.8. The Hall–Kier alpha value is -2.54. The first-order valence-corrected chi connectivity index (χ1v) is 9.28. The van der Waals surface area contributed by atoms with E-state index in [9.17, 15) is 4.79 Å². The van der Waals surface area contributed by atoms with Crippen molar-refractivity contribution >= 4 is 17.2 Å². The fourth-order valence-electron chi connectivity index (χ4n) is 3.21. The number of carbonyl (C=O) groups excluding carboxylic acids is 1. The molecule has 3 aromatic rings. The Kier molecular flexibility index (Phi) is 4.56. The Morgan fingerprint density at radius 1 is 1.28 bits per heavy atom. The number of H-pyrrole nitrogens is 1. The maximum absolute atomic E-state index is 12.6. The third kappa shape index (κ3) is 3.61. The van der Waals surface area contributed by atoms with Gasteiger partial charge in [0.25, 0.3) is 0 Å². The van der Waals surface area contributed by atoms with Gasteiger partial charge in [0, 0.05) is 54.2 Å². The minimum atomic E-state index is 0.158. The fraction of sp³-hybridized carbons (Fsp3) is 0.333. The summed E-state index contributed by atoms with van der Waals surface area (Å²) in [6, 6.07) is 3.88. The molecule has 1 aliphatic rings. The van der Waals surface area contributed by atoms with E-state index >= 15 is 0 Å². The summed E-state index contributed by atoms with van der Waals surface area (Å²) in [5.74, 6) is 0.633. The van der Waals surface area contributed by atoms with E-state index < -0.39 is 0 Å². The summed E-state index contributed by atoms with van der Waals surface area (Å²) in [6.45, 7) is 1.59. The summed E-state index contributed by atoms with van der Waals surface area (Å²) in [5, 5.41) is 2.88. The minimum Gasteiger partial charge on any atom is -0.348 e. The summed E-state index contributed by atoms with van der Waals surface area (Å²) >= 11 is 1.56. The van der Waals surface area contributed by atoms with Crippen molar-refractivity contribution in [2.24, 2.45) is 0 Å². The third-order valence-electron chi connectivity index (χ3n) is 4.60. The van der Waals surface area contributed by atoms with Gasteiger partial charge in [0.05, 0.1) is 18.4 Å². The molecule has 0 aromatic carbocycles. The van der Waals surface area contributed by atoms with Crippen LogP contribution >= 0.6 is 11.3 Å². The number of carbonyl (C=O) groups is 1. The molecule has 7 heteroatoms.